The van der Waals surface area contributed by atoms with Crippen LogP contribution in [0.3, 0.4) is 0 Å². The van der Waals surface area contributed by atoms with Gasteiger partial charge in [-0.25, -0.2) is 0 Å². The lowest BCUT2D eigenvalue weighted by atomic mass is 9.97. The third kappa shape index (κ3) is 6.04. The molecule has 1 N–H and O–H groups in total. The molecule has 0 aliphatic rings. The molecular weight excluding hydrogens is 314 g/mol. The van der Waals surface area contributed by atoms with Crippen molar-refractivity contribution in [2.24, 2.45) is 0 Å². The average Bonchev–Trinajstić information content (AvgIpc) is 2.53. The van der Waals surface area contributed by atoms with Crippen LogP contribution in [0.15, 0.2) is 18.2 Å². The molecule has 1 aromatic carbocycles. The summed E-state index contributed by atoms with van der Waals surface area (Å²) in [4.78, 5) is 12.7. The quantitative estimate of drug-likeness (QED) is 0.647. The summed E-state index contributed by atoms with van der Waals surface area (Å²) in [6, 6.07) is 5.25. The molecule has 4 nitrogen and oxygen atoms in total. The Morgan fingerprint density at radius 1 is 1.26 bits per heavy atom. The molecule has 0 heterocycles. The van der Waals surface area contributed by atoms with Crippen molar-refractivity contribution in [1.82, 2.24) is 0 Å². The molecule has 0 spiro atoms. The van der Waals surface area contributed by atoms with Gasteiger partial charge in [-0.1, -0.05) is 38.3 Å². The average molecular weight is 342 g/mol. The van der Waals surface area contributed by atoms with Gasteiger partial charge in [-0.15, -0.1) is 0 Å². The van der Waals surface area contributed by atoms with Gasteiger partial charge in [0.05, 0.1) is 11.6 Å². The van der Waals surface area contributed by atoms with E-state index in [-0.39, 0.29) is 5.91 Å². The normalized spacial score (nSPS) is 13.4. The van der Waals surface area contributed by atoms with Gasteiger partial charge in [0.2, 0.25) is 0 Å². The van der Waals surface area contributed by atoms with Gasteiger partial charge < -0.3 is 14.8 Å². The number of unbranched alkanes of at least 4 members (excludes halogenated alkanes) is 1. The van der Waals surface area contributed by atoms with E-state index >= 15 is 0 Å². The zero-order valence-corrected chi connectivity index (χ0v) is 15.3. The summed E-state index contributed by atoms with van der Waals surface area (Å²) in [7, 11) is 0. The lowest BCUT2D eigenvalue weighted by molar-refractivity contribution is -0.140. The fourth-order valence-electron chi connectivity index (χ4n) is 2.21. The zero-order chi connectivity index (χ0) is 17.3. The van der Waals surface area contributed by atoms with Crippen molar-refractivity contribution in [2.45, 2.75) is 59.0 Å². The van der Waals surface area contributed by atoms with Gasteiger partial charge in [0, 0.05) is 12.3 Å². The van der Waals surface area contributed by atoms with Crippen LogP contribution in [0.25, 0.3) is 0 Å². The van der Waals surface area contributed by atoms with Crippen molar-refractivity contribution in [2.75, 3.05) is 18.5 Å². The number of carbonyl (C=O) groups excluding carboxylic acids is 1. The molecule has 0 saturated heterocycles. The van der Waals surface area contributed by atoms with Crippen LogP contribution in [0.1, 0.15) is 53.4 Å². The predicted molar refractivity (Wildman–Crippen MR) is 95.4 cm³/mol. The van der Waals surface area contributed by atoms with Crippen molar-refractivity contribution < 1.29 is 14.3 Å². The highest BCUT2D eigenvalue weighted by molar-refractivity contribution is 6.32. The molecule has 0 bridgehead atoms. The van der Waals surface area contributed by atoms with Gasteiger partial charge >= 0.3 is 0 Å². The van der Waals surface area contributed by atoms with E-state index in [1.165, 1.54) is 0 Å². The Bertz CT molecular complexity index is 497. The number of carbonyl (C=O) groups is 1. The second-order valence-corrected chi connectivity index (χ2v) is 6.12. The highest BCUT2D eigenvalue weighted by Gasteiger charge is 2.33. The van der Waals surface area contributed by atoms with E-state index in [0.717, 1.165) is 19.3 Å². The molecule has 0 radical (unpaired) electrons. The highest BCUT2D eigenvalue weighted by Crippen LogP contribution is 2.29. The maximum absolute atomic E-state index is 12.7. The minimum atomic E-state index is -0.822. The molecule has 0 unspecified atom stereocenters. The number of anilines is 1. The maximum atomic E-state index is 12.7. The van der Waals surface area contributed by atoms with E-state index in [1.54, 1.807) is 18.2 Å². The minimum absolute atomic E-state index is 0.139. The fourth-order valence-corrected chi connectivity index (χ4v) is 2.44. The lowest BCUT2D eigenvalue weighted by Crippen LogP contribution is -2.43. The molecule has 1 atom stereocenters. The van der Waals surface area contributed by atoms with E-state index in [9.17, 15) is 4.79 Å². The van der Waals surface area contributed by atoms with Crippen LogP contribution in [0.4, 0.5) is 5.69 Å². The predicted octanol–water partition coefficient (Wildman–Crippen LogP) is 5.05. The van der Waals surface area contributed by atoms with E-state index in [4.69, 9.17) is 21.1 Å². The van der Waals surface area contributed by atoms with Gasteiger partial charge in [0.15, 0.2) is 0 Å². The van der Waals surface area contributed by atoms with Crippen LogP contribution in [-0.2, 0) is 9.53 Å². The van der Waals surface area contributed by atoms with Crippen LogP contribution in [0.2, 0.25) is 5.02 Å². The SMILES string of the molecule is CCCC[C@](C)(OCCC)C(=O)Nc1ccc(OCC)c(Cl)c1. The Morgan fingerprint density at radius 3 is 2.57 bits per heavy atom. The first kappa shape index (κ1) is 19.8. The Balaban J connectivity index is 2.82. The van der Waals surface area contributed by atoms with Crippen LogP contribution < -0.4 is 10.1 Å². The summed E-state index contributed by atoms with van der Waals surface area (Å²) in [5.41, 5.74) is -0.178. The highest BCUT2D eigenvalue weighted by atomic mass is 35.5. The summed E-state index contributed by atoms with van der Waals surface area (Å²) in [5, 5.41) is 3.39. The van der Waals surface area contributed by atoms with Crippen LogP contribution in [0, 0.1) is 0 Å². The summed E-state index contributed by atoms with van der Waals surface area (Å²) >= 11 is 6.17. The molecule has 5 heteroatoms. The first-order chi connectivity index (χ1) is 11.0. The number of rotatable bonds is 10. The lowest BCUT2D eigenvalue weighted by Gasteiger charge is -2.28. The number of nitrogens with one attached hydrogen (secondary N) is 1. The second kappa shape index (κ2) is 9.78. The summed E-state index contributed by atoms with van der Waals surface area (Å²) in [5.74, 6) is 0.475. The number of benzene rings is 1. The van der Waals surface area contributed by atoms with E-state index in [0.29, 0.717) is 36.1 Å². The smallest absolute Gasteiger partial charge is 0.256 e. The molecule has 0 aliphatic heterocycles. The first-order valence-electron chi connectivity index (χ1n) is 8.34. The van der Waals surface area contributed by atoms with Crippen LogP contribution in [-0.4, -0.2) is 24.7 Å². The summed E-state index contributed by atoms with van der Waals surface area (Å²) in [6.45, 7) is 9.00. The van der Waals surface area contributed by atoms with Gasteiger partial charge in [0.1, 0.15) is 11.4 Å². The Hall–Kier alpha value is -1.26. The number of amides is 1. The van der Waals surface area contributed by atoms with Crippen LogP contribution >= 0.6 is 11.6 Å². The molecule has 0 aromatic heterocycles. The van der Waals surface area contributed by atoms with Crippen molar-refractivity contribution in [1.29, 1.82) is 0 Å². The number of halogens is 1. The molecule has 0 aliphatic carbocycles. The summed E-state index contributed by atoms with van der Waals surface area (Å²) in [6.07, 6.45) is 3.54. The van der Waals surface area contributed by atoms with E-state index < -0.39 is 5.60 Å². The Kier molecular flexibility index (Phi) is 8.42. The fraction of sp³-hybridized carbons (Fsp3) is 0.611. The summed E-state index contributed by atoms with van der Waals surface area (Å²) < 4.78 is 11.2. The minimum Gasteiger partial charge on any atom is -0.492 e. The Labute approximate surface area is 144 Å². The van der Waals surface area contributed by atoms with Gasteiger partial charge in [-0.05, 0) is 44.9 Å². The van der Waals surface area contributed by atoms with Gasteiger partial charge in [-0.2, -0.15) is 0 Å². The second-order valence-electron chi connectivity index (χ2n) is 5.72. The number of hydrogen-bond acceptors (Lipinski definition) is 3. The largest absolute Gasteiger partial charge is 0.492 e. The molecule has 1 rings (SSSR count). The topological polar surface area (TPSA) is 47.6 Å². The first-order valence-corrected chi connectivity index (χ1v) is 8.72. The molecule has 1 aromatic rings. The molecule has 1 amide bonds. The third-order valence-electron chi connectivity index (χ3n) is 3.60. The maximum Gasteiger partial charge on any atom is 0.256 e. The molecule has 0 saturated carbocycles. The third-order valence-corrected chi connectivity index (χ3v) is 3.90. The molecule has 130 valence electrons. The van der Waals surface area contributed by atoms with E-state index in [1.807, 2.05) is 20.8 Å². The number of hydrogen-bond donors (Lipinski definition) is 1. The van der Waals surface area contributed by atoms with E-state index in [2.05, 4.69) is 12.2 Å². The van der Waals surface area contributed by atoms with Crippen molar-refractivity contribution >= 4 is 23.2 Å². The molecule has 23 heavy (non-hydrogen) atoms. The van der Waals surface area contributed by atoms with Crippen LogP contribution in [0.5, 0.6) is 5.75 Å². The van der Waals surface area contributed by atoms with Gasteiger partial charge in [-0.3, -0.25) is 4.79 Å². The molecular formula is C18H28ClNO3. The molecule has 0 fully saturated rings. The van der Waals surface area contributed by atoms with Gasteiger partial charge in [0.25, 0.3) is 5.91 Å². The monoisotopic (exact) mass is 341 g/mol. The number of ether oxygens (including phenoxy) is 2. The zero-order valence-electron chi connectivity index (χ0n) is 14.6. The Morgan fingerprint density at radius 2 is 2.00 bits per heavy atom. The standard InChI is InChI=1S/C18H28ClNO3/c1-5-8-11-18(4,23-12-6-2)17(21)20-14-9-10-16(22-7-3)15(19)13-14/h9-10,13H,5-8,11-12H2,1-4H3,(H,20,21)/t18-/m0/s1. The van der Waals surface area contributed by atoms with Crippen molar-refractivity contribution in [3.05, 3.63) is 23.2 Å². The van der Waals surface area contributed by atoms with Crippen molar-refractivity contribution in [3.8, 4) is 5.75 Å². The van der Waals surface area contributed by atoms with Crippen molar-refractivity contribution in [3.63, 3.8) is 0 Å².